The molecule has 1 saturated heterocycles. The zero-order chi connectivity index (χ0) is 25.5. The first-order valence-electron chi connectivity index (χ1n) is 13.9. The molecule has 0 bridgehead atoms. The third-order valence-electron chi connectivity index (χ3n) is 7.86. The van der Waals surface area contributed by atoms with Gasteiger partial charge in [0, 0.05) is 25.7 Å². The minimum absolute atomic E-state index is 0.0934. The first-order chi connectivity index (χ1) is 18.2. The van der Waals surface area contributed by atoms with Gasteiger partial charge in [-0.2, -0.15) is 0 Å². The van der Waals surface area contributed by atoms with Crippen LogP contribution in [0.15, 0.2) is 83.7 Å². The molecular formula is C32H38FN3O. The average molecular weight is 500 g/mol. The Hall–Kier alpha value is -3.18. The summed E-state index contributed by atoms with van der Waals surface area (Å²) in [5.74, 6) is -0.0934. The van der Waals surface area contributed by atoms with E-state index in [9.17, 15) is 9.18 Å². The second-order valence-corrected chi connectivity index (χ2v) is 10.4. The number of fused-ring (bicyclic) bond motifs is 1. The number of imidazole rings is 1. The molecule has 0 spiro atoms. The Balaban J connectivity index is 1.15. The number of piperidine rings is 1. The van der Waals surface area contributed by atoms with Gasteiger partial charge in [0.15, 0.2) is 0 Å². The summed E-state index contributed by atoms with van der Waals surface area (Å²) >= 11 is 0. The lowest BCUT2D eigenvalue weighted by molar-refractivity contribution is 0.183. The van der Waals surface area contributed by atoms with Gasteiger partial charge in [-0.3, -0.25) is 9.13 Å². The molecule has 194 valence electrons. The molecule has 5 heteroatoms. The van der Waals surface area contributed by atoms with Gasteiger partial charge in [0.1, 0.15) is 5.82 Å². The van der Waals surface area contributed by atoms with Crippen molar-refractivity contribution < 1.29 is 4.39 Å². The van der Waals surface area contributed by atoms with E-state index < -0.39 is 0 Å². The largest absolute Gasteiger partial charge is 0.329 e. The molecule has 0 amide bonds. The number of halogens is 1. The predicted molar refractivity (Wildman–Crippen MR) is 150 cm³/mol. The zero-order valence-corrected chi connectivity index (χ0v) is 21.7. The van der Waals surface area contributed by atoms with E-state index in [0.717, 1.165) is 94.1 Å². The van der Waals surface area contributed by atoms with Crippen molar-refractivity contribution in [2.24, 2.45) is 0 Å². The molecule has 0 unspecified atom stereocenters. The quantitative estimate of drug-likeness (QED) is 0.217. The van der Waals surface area contributed by atoms with Crippen molar-refractivity contribution in [1.29, 1.82) is 0 Å². The van der Waals surface area contributed by atoms with Crippen molar-refractivity contribution in [3.05, 3.63) is 106 Å². The molecule has 5 rings (SSSR count). The van der Waals surface area contributed by atoms with Crippen LogP contribution >= 0.6 is 0 Å². The summed E-state index contributed by atoms with van der Waals surface area (Å²) in [5, 5.41) is 0. The van der Waals surface area contributed by atoms with Crippen LogP contribution in [0.1, 0.15) is 55.7 Å². The Kier molecular flexibility index (Phi) is 8.52. The van der Waals surface area contributed by atoms with Gasteiger partial charge in [0.25, 0.3) is 0 Å². The molecule has 1 fully saturated rings. The number of likely N-dealkylation sites (tertiary alicyclic amines) is 1. The van der Waals surface area contributed by atoms with E-state index in [2.05, 4.69) is 51.9 Å². The van der Waals surface area contributed by atoms with Crippen molar-refractivity contribution in [2.75, 3.05) is 19.6 Å². The van der Waals surface area contributed by atoms with E-state index in [1.807, 2.05) is 28.8 Å². The molecule has 2 heterocycles. The molecule has 1 aliphatic heterocycles. The average Bonchev–Trinajstić information content (AvgIpc) is 3.22. The van der Waals surface area contributed by atoms with Crippen molar-refractivity contribution in [2.45, 2.75) is 64.0 Å². The number of hydrogen-bond donors (Lipinski definition) is 0. The first-order valence-corrected chi connectivity index (χ1v) is 13.9. The highest BCUT2D eigenvalue weighted by molar-refractivity contribution is 5.76. The minimum atomic E-state index is -0.0934. The normalized spacial score (nSPS) is 14.9. The van der Waals surface area contributed by atoms with Crippen LogP contribution in [0.4, 0.5) is 4.39 Å². The highest BCUT2D eigenvalue weighted by Crippen LogP contribution is 2.26. The molecule has 3 aromatic carbocycles. The van der Waals surface area contributed by atoms with Gasteiger partial charge in [-0.1, -0.05) is 60.7 Å². The van der Waals surface area contributed by atoms with E-state index in [-0.39, 0.29) is 17.5 Å². The summed E-state index contributed by atoms with van der Waals surface area (Å²) in [6, 6.07) is 26.2. The van der Waals surface area contributed by atoms with Crippen molar-refractivity contribution in [1.82, 2.24) is 14.0 Å². The molecule has 1 aliphatic rings. The Morgan fingerprint density at radius 2 is 1.35 bits per heavy atom. The van der Waals surface area contributed by atoms with E-state index in [0.29, 0.717) is 0 Å². The standard InChI is InChI=1S/C32H38FN3O/c33-29-17-5-4-15-27(29)16-9-10-22-34-24-20-28(21-25-34)36-31-19-7-6-18-30(31)35(32(36)37)23-11-8-14-26-12-2-1-3-13-26/h1-7,12-13,15,17-19,28H,8-11,14,16,20-25H2. The lowest BCUT2D eigenvalue weighted by Crippen LogP contribution is -2.38. The Bertz CT molecular complexity index is 1340. The maximum absolute atomic E-state index is 13.8. The van der Waals surface area contributed by atoms with Crippen LogP contribution in [0.3, 0.4) is 0 Å². The topological polar surface area (TPSA) is 30.2 Å². The van der Waals surface area contributed by atoms with Gasteiger partial charge in [-0.15, -0.1) is 0 Å². The minimum Gasteiger partial charge on any atom is -0.303 e. The number of aryl methyl sites for hydroxylation is 3. The van der Waals surface area contributed by atoms with Crippen molar-refractivity contribution >= 4 is 11.0 Å². The molecule has 0 atom stereocenters. The van der Waals surface area contributed by atoms with E-state index in [4.69, 9.17) is 0 Å². The summed E-state index contributed by atoms with van der Waals surface area (Å²) in [7, 11) is 0. The molecule has 0 N–H and O–H groups in total. The van der Waals surface area contributed by atoms with Gasteiger partial charge < -0.3 is 4.90 Å². The van der Waals surface area contributed by atoms with Crippen LogP contribution in [0.2, 0.25) is 0 Å². The predicted octanol–water partition coefficient (Wildman–Crippen LogP) is 6.62. The number of benzene rings is 3. The van der Waals surface area contributed by atoms with Crippen LogP contribution in [0, 0.1) is 5.82 Å². The third kappa shape index (κ3) is 6.22. The lowest BCUT2D eigenvalue weighted by atomic mass is 10.0. The molecular weight excluding hydrogens is 461 g/mol. The summed E-state index contributed by atoms with van der Waals surface area (Å²) in [4.78, 5) is 16.1. The molecule has 37 heavy (non-hydrogen) atoms. The number of hydrogen-bond acceptors (Lipinski definition) is 2. The van der Waals surface area contributed by atoms with Crippen LogP contribution in [-0.4, -0.2) is 33.7 Å². The van der Waals surface area contributed by atoms with Gasteiger partial charge in [0.05, 0.1) is 11.0 Å². The Labute approximate surface area is 219 Å². The molecule has 0 saturated carbocycles. The SMILES string of the molecule is O=c1n(CCCCc2ccccc2)c2ccccc2n1C1CCN(CCCCc2ccccc2F)CC1. The highest BCUT2D eigenvalue weighted by Gasteiger charge is 2.25. The lowest BCUT2D eigenvalue weighted by Gasteiger charge is -2.32. The first kappa shape index (κ1) is 25.5. The zero-order valence-electron chi connectivity index (χ0n) is 21.7. The van der Waals surface area contributed by atoms with Crippen molar-refractivity contribution in [3.8, 4) is 0 Å². The van der Waals surface area contributed by atoms with Crippen LogP contribution in [0.5, 0.6) is 0 Å². The number of rotatable bonds is 11. The smallest absolute Gasteiger partial charge is 0.303 e. The van der Waals surface area contributed by atoms with Gasteiger partial charge in [0.2, 0.25) is 0 Å². The summed E-state index contributed by atoms with van der Waals surface area (Å²) in [6.07, 6.45) is 7.97. The van der Waals surface area contributed by atoms with Gasteiger partial charge in [-0.05, 0) is 87.2 Å². The summed E-state index contributed by atoms with van der Waals surface area (Å²) in [6.45, 7) is 3.82. The maximum Gasteiger partial charge on any atom is 0.329 e. The molecule has 4 nitrogen and oxygen atoms in total. The second-order valence-electron chi connectivity index (χ2n) is 10.4. The molecule has 4 aromatic rings. The van der Waals surface area contributed by atoms with Crippen LogP contribution < -0.4 is 5.69 Å². The number of para-hydroxylation sites is 2. The Morgan fingerprint density at radius 3 is 2.14 bits per heavy atom. The molecule has 1 aromatic heterocycles. The highest BCUT2D eigenvalue weighted by atomic mass is 19.1. The fourth-order valence-electron chi connectivity index (χ4n) is 5.80. The van der Waals surface area contributed by atoms with E-state index >= 15 is 0 Å². The molecule has 0 aliphatic carbocycles. The van der Waals surface area contributed by atoms with Gasteiger partial charge in [-0.25, -0.2) is 9.18 Å². The molecule has 0 radical (unpaired) electrons. The maximum atomic E-state index is 13.8. The Morgan fingerprint density at radius 1 is 0.703 bits per heavy atom. The summed E-state index contributed by atoms with van der Waals surface area (Å²) < 4.78 is 17.9. The van der Waals surface area contributed by atoms with Gasteiger partial charge >= 0.3 is 5.69 Å². The van der Waals surface area contributed by atoms with E-state index in [1.165, 1.54) is 5.56 Å². The fourth-order valence-corrected chi connectivity index (χ4v) is 5.80. The second kappa shape index (κ2) is 12.4. The van der Waals surface area contributed by atoms with Crippen molar-refractivity contribution in [3.63, 3.8) is 0 Å². The van der Waals surface area contributed by atoms with Crippen LogP contribution in [0.25, 0.3) is 11.0 Å². The van der Waals surface area contributed by atoms with E-state index in [1.54, 1.807) is 12.1 Å². The number of aromatic nitrogens is 2. The fraction of sp³-hybridized carbons (Fsp3) is 0.406. The summed E-state index contributed by atoms with van der Waals surface area (Å²) in [5.41, 5.74) is 4.44. The number of unbranched alkanes of at least 4 members (excludes halogenated alkanes) is 2. The third-order valence-corrected chi connectivity index (χ3v) is 7.86. The van der Waals surface area contributed by atoms with Crippen LogP contribution in [-0.2, 0) is 19.4 Å². The monoisotopic (exact) mass is 499 g/mol. The number of nitrogens with zero attached hydrogens (tertiary/aromatic N) is 3.